The minimum atomic E-state index is 0.417. The van der Waals surface area contributed by atoms with Crippen molar-refractivity contribution in [2.24, 2.45) is 10.8 Å². The van der Waals surface area contributed by atoms with E-state index in [-0.39, 0.29) is 0 Å². The van der Waals surface area contributed by atoms with Gasteiger partial charge < -0.3 is 0 Å². The molecule has 82 valence electrons. The van der Waals surface area contributed by atoms with E-state index in [4.69, 9.17) is 0 Å². The summed E-state index contributed by atoms with van der Waals surface area (Å²) < 4.78 is 0. The molecule has 0 amide bonds. The summed E-state index contributed by atoms with van der Waals surface area (Å²) in [5, 5.41) is 2.30. The standard InChI is InChI=1S/C13H24S/c1-5-6-7-8-13(12(2,3)4)9-10-14-11-13/h9-10H,5-8,11H2,1-4H3. The topological polar surface area (TPSA) is 0 Å². The second kappa shape index (κ2) is 4.74. The van der Waals surface area contributed by atoms with Gasteiger partial charge in [0, 0.05) is 11.2 Å². The number of allylic oxidation sites excluding steroid dienone is 1. The van der Waals surface area contributed by atoms with Gasteiger partial charge in [0.05, 0.1) is 0 Å². The Kier molecular flexibility index (Phi) is 4.12. The molecule has 1 unspecified atom stereocenters. The minimum absolute atomic E-state index is 0.417. The lowest BCUT2D eigenvalue weighted by atomic mass is 9.65. The van der Waals surface area contributed by atoms with Gasteiger partial charge in [0.25, 0.3) is 0 Å². The number of thioether (sulfide) groups is 1. The maximum absolute atomic E-state index is 2.47. The van der Waals surface area contributed by atoms with Crippen molar-refractivity contribution in [2.45, 2.75) is 53.4 Å². The monoisotopic (exact) mass is 212 g/mol. The van der Waals surface area contributed by atoms with Crippen LogP contribution in [0.25, 0.3) is 0 Å². The van der Waals surface area contributed by atoms with Crippen LogP contribution >= 0.6 is 11.8 Å². The Morgan fingerprint density at radius 1 is 1.29 bits per heavy atom. The van der Waals surface area contributed by atoms with Gasteiger partial charge in [-0.1, -0.05) is 53.0 Å². The van der Waals surface area contributed by atoms with E-state index in [9.17, 15) is 0 Å². The first-order valence-corrected chi connectivity index (χ1v) is 6.86. The predicted molar refractivity (Wildman–Crippen MR) is 67.6 cm³/mol. The van der Waals surface area contributed by atoms with E-state index in [0.717, 1.165) is 0 Å². The van der Waals surface area contributed by atoms with Gasteiger partial charge >= 0.3 is 0 Å². The van der Waals surface area contributed by atoms with Crippen LogP contribution in [0, 0.1) is 10.8 Å². The smallest absolute Gasteiger partial charge is 0.00707 e. The van der Waals surface area contributed by atoms with Crippen molar-refractivity contribution >= 4 is 11.8 Å². The quantitative estimate of drug-likeness (QED) is 0.600. The van der Waals surface area contributed by atoms with Gasteiger partial charge in [-0.3, -0.25) is 0 Å². The van der Waals surface area contributed by atoms with Gasteiger partial charge in [0.2, 0.25) is 0 Å². The summed E-state index contributed by atoms with van der Waals surface area (Å²) in [5.41, 5.74) is 0.883. The summed E-state index contributed by atoms with van der Waals surface area (Å²) in [4.78, 5) is 0. The molecule has 0 aromatic heterocycles. The molecule has 14 heavy (non-hydrogen) atoms. The van der Waals surface area contributed by atoms with E-state index in [1.807, 2.05) is 11.8 Å². The highest BCUT2D eigenvalue weighted by Crippen LogP contribution is 2.50. The van der Waals surface area contributed by atoms with Crippen LogP contribution in [-0.4, -0.2) is 5.75 Å². The van der Waals surface area contributed by atoms with E-state index in [1.54, 1.807) is 0 Å². The fourth-order valence-electron chi connectivity index (χ4n) is 2.11. The molecule has 0 aromatic carbocycles. The summed E-state index contributed by atoms with van der Waals surface area (Å²) in [6.07, 6.45) is 7.94. The van der Waals surface area contributed by atoms with Gasteiger partial charge in [-0.2, -0.15) is 0 Å². The fraction of sp³-hybridized carbons (Fsp3) is 0.846. The minimum Gasteiger partial charge on any atom is -0.134 e. The molecule has 1 aliphatic rings. The van der Waals surface area contributed by atoms with Gasteiger partial charge in [-0.05, 0) is 17.2 Å². The molecule has 0 saturated heterocycles. The zero-order chi connectivity index (χ0) is 10.7. The molecule has 0 aromatic rings. The molecule has 1 heteroatoms. The number of unbranched alkanes of at least 4 members (excludes halogenated alkanes) is 2. The van der Waals surface area contributed by atoms with Crippen molar-refractivity contribution in [2.75, 3.05) is 5.75 Å². The average molecular weight is 212 g/mol. The molecule has 0 N–H and O–H groups in total. The SMILES string of the molecule is CCCCCC1(C(C)(C)C)C=CSC1. The molecule has 0 bridgehead atoms. The molecule has 0 fully saturated rings. The van der Waals surface area contributed by atoms with Crippen molar-refractivity contribution in [3.8, 4) is 0 Å². The van der Waals surface area contributed by atoms with E-state index in [1.165, 1.54) is 31.4 Å². The van der Waals surface area contributed by atoms with Crippen LogP contribution in [0.4, 0.5) is 0 Å². The molecule has 0 spiro atoms. The highest BCUT2D eigenvalue weighted by molar-refractivity contribution is 8.02. The maximum Gasteiger partial charge on any atom is 0.00707 e. The molecule has 0 radical (unpaired) electrons. The Morgan fingerprint density at radius 3 is 2.43 bits per heavy atom. The molecule has 1 aliphatic heterocycles. The molecular formula is C13H24S. The van der Waals surface area contributed by atoms with Crippen molar-refractivity contribution in [3.63, 3.8) is 0 Å². The van der Waals surface area contributed by atoms with E-state index < -0.39 is 0 Å². The molecular weight excluding hydrogens is 188 g/mol. The maximum atomic E-state index is 2.47. The van der Waals surface area contributed by atoms with E-state index >= 15 is 0 Å². The first-order chi connectivity index (χ1) is 6.52. The Morgan fingerprint density at radius 2 is 2.00 bits per heavy atom. The third-order valence-electron chi connectivity index (χ3n) is 3.54. The van der Waals surface area contributed by atoms with Crippen LogP contribution in [0.15, 0.2) is 11.5 Å². The van der Waals surface area contributed by atoms with Crippen LogP contribution in [0.1, 0.15) is 53.4 Å². The van der Waals surface area contributed by atoms with Gasteiger partial charge in [0.1, 0.15) is 0 Å². The van der Waals surface area contributed by atoms with Gasteiger partial charge in [-0.25, -0.2) is 0 Å². The highest BCUT2D eigenvalue weighted by Gasteiger charge is 2.40. The van der Waals surface area contributed by atoms with E-state index in [2.05, 4.69) is 39.2 Å². The summed E-state index contributed by atoms with van der Waals surface area (Å²) in [7, 11) is 0. The van der Waals surface area contributed by atoms with Crippen molar-refractivity contribution < 1.29 is 0 Å². The predicted octanol–water partition coefficient (Wildman–Crippen LogP) is 4.86. The number of rotatable bonds is 4. The molecule has 1 atom stereocenters. The Labute approximate surface area is 93.5 Å². The largest absolute Gasteiger partial charge is 0.134 e. The second-order valence-electron chi connectivity index (χ2n) is 5.48. The lowest BCUT2D eigenvalue weighted by Crippen LogP contribution is -2.34. The van der Waals surface area contributed by atoms with Crippen molar-refractivity contribution in [3.05, 3.63) is 11.5 Å². The lowest BCUT2D eigenvalue weighted by Gasteiger charge is -2.40. The summed E-state index contributed by atoms with van der Waals surface area (Å²) in [5.74, 6) is 1.29. The third-order valence-corrected chi connectivity index (χ3v) is 4.55. The zero-order valence-corrected chi connectivity index (χ0v) is 10.9. The summed E-state index contributed by atoms with van der Waals surface area (Å²) >= 11 is 1.99. The number of hydrogen-bond acceptors (Lipinski definition) is 1. The Bertz CT molecular complexity index is 200. The Balaban J connectivity index is 2.59. The van der Waals surface area contributed by atoms with Gasteiger partial charge in [-0.15, -0.1) is 11.8 Å². The van der Waals surface area contributed by atoms with E-state index in [0.29, 0.717) is 10.8 Å². The molecule has 0 saturated carbocycles. The third kappa shape index (κ3) is 2.56. The number of hydrogen-bond donors (Lipinski definition) is 0. The zero-order valence-electron chi connectivity index (χ0n) is 10.1. The van der Waals surface area contributed by atoms with Crippen LogP contribution in [0.3, 0.4) is 0 Å². The van der Waals surface area contributed by atoms with Crippen LogP contribution < -0.4 is 0 Å². The molecule has 0 nitrogen and oxygen atoms in total. The fourth-order valence-corrected chi connectivity index (χ4v) is 3.53. The second-order valence-corrected chi connectivity index (χ2v) is 6.37. The normalized spacial score (nSPS) is 27.1. The van der Waals surface area contributed by atoms with Crippen LogP contribution in [0.2, 0.25) is 0 Å². The molecule has 0 aliphatic carbocycles. The van der Waals surface area contributed by atoms with Crippen LogP contribution in [-0.2, 0) is 0 Å². The summed E-state index contributed by atoms with van der Waals surface area (Å²) in [6, 6.07) is 0. The highest BCUT2D eigenvalue weighted by atomic mass is 32.2. The van der Waals surface area contributed by atoms with Gasteiger partial charge in [0.15, 0.2) is 0 Å². The molecule has 1 rings (SSSR count). The average Bonchev–Trinajstić information content (AvgIpc) is 2.53. The van der Waals surface area contributed by atoms with Crippen LogP contribution in [0.5, 0.6) is 0 Å². The van der Waals surface area contributed by atoms with Crippen molar-refractivity contribution in [1.82, 2.24) is 0 Å². The Hall–Kier alpha value is 0.0900. The lowest BCUT2D eigenvalue weighted by molar-refractivity contribution is 0.159. The first-order valence-electron chi connectivity index (χ1n) is 5.81. The van der Waals surface area contributed by atoms with Crippen molar-refractivity contribution in [1.29, 1.82) is 0 Å². The summed E-state index contributed by atoms with van der Waals surface area (Å²) in [6.45, 7) is 9.43. The molecule has 1 heterocycles. The first kappa shape index (κ1) is 12.2.